The molecule has 0 aliphatic carbocycles. The van der Waals surface area contributed by atoms with Crippen LogP contribution in [0.2, 0.25) is 0 Å². The maximum atomic E-state index is 12.2. The van der Waals surface area contributed by atoms with Gasteiger partial charge in [0.05, 0.1) is 0 Å². The molecule has 0 bridgehead atoms. The molecule has 4 nitrogen and oxygen atoms in total. The number of rotatable bonds is 1. The van der Waals surface area contributed by atoms with Crippen molar-refractivity contribution < 1.29 is 17.4 Å². The highest BCUT2D eigenvalue weighted by Crippen LogP contribution is 2.25. The highest BCUT2D eigenvalue weighted by Gasteiger charge is 2.45. The Morgan fingerprint density at radius 2 is 1.79 bits per heavy atom. The van der Waals surface area contributed by atoms with Crippen LogP contribution in [0.15, 0.2) is 4.36 Å². The number of alkyl halides is 3. The largest absolute Gasteiger partial charge is 0.494 e. The van der Waals surface area contributed by atoms with Crippen LogP contribution in [0.25, 0.3) is 0 Å². The summed E-state index contributed by atoms with van der Waals surface area (Å²) in [5.74, 6) is 0. The molecule has 1 unspecified atom stereocenters. The first-order valence-corrected chi connectivity index (χ1v) is 5.04. The molecule has 0 fully saturated rings. The summed E-state index contributed by atoms with van der Waals surface area (Å²) in [5.41, 5.74) is -6.11. The summed E-state index contributed by atoms with van der Waals surface area (Å²) in [7, 11) is -4.70. The van der Waals surface area contributed by atoms with Crippen LogP contribution < -0.4 is 4.72 Å². The Labute approximate surface area is 80.4 Å². The zero-order valence-electron chi connectivity index (χ0n) is 7.84. The van der Waals surface area contributed by atoms with Crippen LogP contribution in [0.1, 0.15) is 20.8 Å². The number of nitrogens with zero attached hydrogens (tertiary/aromatic N) is 2. The van der Waals surface area contributed by atoms with E-state index in [1.54, 1.807) is 4.72 Å². The van der Waals surface area contributed by atoms with Gasteiger partial charge in [-0.1, -0.05) is 4.36 Å². The molecule has 0 aliphatic rings. The van der Waals surface area contributed by atoms with E-state index < -0.39 is 21.0 Å². The molecule has 0 spiro atoms. The molecule has 0 aromatic rings. The predicted molar refractivity (Wildman–Crippen MR) is 45.1 cm³/mol. The van der Waals surface area contributed by atoms with Crippen molar-refractivity contribution in [3.8, 4) is 6.19 Å². The molecule has 0 aromatic carbocycles. The Morgan fingerprint density at radius 3 is 2.00 bits per heavy atom. The quantitative estimate of drug-likeness (QED) is 0.696. The molecule has 0 heterocycles. The summed E-state index contributed by atoms with van der Waals surface area (Å²) < 4.78 is 52.1. The van der Waals surface area contributed by atoms with Gasteiger partial charge in [0.15, 0.2) is 0 Å². The van der Waals surface area contributed by atoms with Crippen molar-refractivity contribution >= 4 is 9.92 Å². The molecule has 14 heavy (non-hydrogen) atoms. The molecule has 0 aromatic heterocycles. The van der Waals surface area contributed by atoms with E-state index in [1.165, 1.54) is 20.8 Å². The van der Waals surface area contributed by atoms with Gasteiger partial charge in [0, 0.05) is 5.54 Å². The van der Waals surface area contributed by atoms with Crippen LogP contribution in [-0.4, -0.2) is 15.3 Å². The van der Waals surface area contributed by atoms with Crippen LogP contribution >= 0.6 is 0 Å². The summed E-state index contributed by atoms with van der Waals surface area (Å²) >= 11 is 0. The third kappa shape index (κ3) is 3.51. The van der Waals surface area contributed by atoms with Gasteiger partial charge in [-0.25, -0.2) is 8.93 Å². The molecule has 0 saturated carbocycles. The molecule has 1 N–H and O–H groups in total. The lowest BCUT2D eigenvalue weighted by molar-refractivity contribution is -0.0419. The van der Waals surface area contributed by atoms with Crippen LogP contribution in [0.4, 0.5) is 13.2 Å². The smallest absolute Gasteiger partial charge is 0.223 e. The van der Waals surface area contributed by atoms with Crippen molar-refractivity contribution in [2.75, 3.05) is 0 Å². The zero-order valence-corrected chi connectivity index (χ0v) is 8.66. The van der Waals surface area contributed by atoms with Crippen molar-refractivity contribution in [2.45, 2.75) is 31.8 Å². The van der Waals surface area contributed by atoms with Gasteiger partial charge in [-0.3, -0.25) is 0 Å². The summed E-state index contributed by atoms with van der Waals surface area (Å²) in [6, 6.07) is 0. The van der Waals surface area contributed by atoms with Gasteiger partial charge in [-0.2, -0.15) is 18.4 Å². The lowest BCUT2D eigenvalue weighted by atomic mass is 10.1. The van der Waals surface area contributed by atoms with E-state index in [4.69, 9.17) is 5.26 Å². The Hall–Kier alpha value is -0.810. The lowest BCUT2D eigenvalue weighted by Gasteiger charge is -2.23. The van der Waals surface area contributed by atoms with Gasteiger partial charge in [0.25, 0.3) is 0 Å². The van der Waals surface area contributed by atoms with Crippen LogP contribution in [0.5, 0.6) is 0 Å². The summed E-state index contributed by atoms with van der Waals surface area (Å²) in [6.07, 6.45) is 0.904. The highest BCUT2D eigenvalue weighted by molar-refractivity contribution is 7.92. The maximum absolute atomic E-state index is 12.2. The van der Waals surface area contributed by atoms with E-state index in [1.807, 2.05) is 0 Å². The van der Waals surface area contributed by atoms with E-state index in [9.17, 15) is 17.4 Å². The van der Waals surface area contributed by atoms with E-state index in [0.717, 1.165) is 6.19 Å². The number of nitriles is 1. The van der Waals surface area contributed by atoms with Crippen LogP contribution in [0, 0.1) is 11.5 Å². The first-order valence-electron chi connectivity index (χ1n) is 3.52. The third-order valence-corrected chi connectivity index (χ3v) is 2.78. The van der Waals surface area contributed by atoms with Gasteiger partial charge in [0.1, 0.15) is 0 Å². The SMILES string of the molecule is CC(C)(C)NS(=O)(=NC#N)C(F)(F)F. The molecule has 8 heteroatoms. The average Bonchev–Trinajstić information content (AvgIpc) is 1.79. The molecule has 0 aliphatic heterocycles. The van der Waals surface area contributed by atoms with Crippen LogP contribution in [-0.2, 0) is 9.92 Å². The zero-order chi connectivity index (χ0) is 11.6. The molecule has 0 saturated heterocycles. The topological polar surface area (TPSA) is 65.2 Å². The lowest BCUT2D eigenvalue weighted by Crippen LogP contribution is -2.46. The maximum Gasteiger partial charge on any atom is 0.494 e. The fourth-order valence-corrected chi connectivity index (χ4v) is 1.81. The Balaban J connectivity index is 5.32. The van der Waals surface area contributed by atoms with Gasteiger partial charge in [-0.05, 0) is 20.8 Å². The van der Waals surface area contributed by atoms with Gasteiger partial charge in [0.2, 0.25) is 16.1 Å². The minimum Gasteiger partial charge on any atom is -0.223 e. The first-order chi connectivity index (χ1) is 6.02. The van der Waals surface area contributed by atoms with E-state index >= 15 is 0 Å². The van der Waals surface area contributed by atoms with Crippen molar-refractivity contribution in [2.24, 2.45) is 4.36 Å². The normalized spacial score (nSPS) is 16.9. The fourth-order valence-electron chi connectivity index (χ4n) is 0.605. The molecule has 0 rings (SSSR count). The highest BCUT2D eigenvalue weighted by atomic mass is 32.2. The second-order valence-electron chi connectivity index (χ2n) is 3.51. The second kappa shape index (κ2) is 3.74. The van der Waals surface area contributed by atoms with Gasteiger partial charge >= 0.3 is 5.51 Å². The van der Waals surface area contributed by atoms with Gasteiger partial charge < -0.3 is 0 Å². The summed E-state index contributed by atoms with van der Waals surface area (Å²) in [6.45, 7) is 4.18. The second-order valence-corrected chi connectivity index (χ2v) is 5.42. The van der Waals surface area contributed by atoms with Crippen molar-refractivity contribution in [3.63, 3.8) is 0 Å². The van der Waals surface area contributed by atoms with E-state index in [-0.39, 0.29) is 0 Å². The van der Waals surface area contributed by atoms with Crippen molar-refractivity contribution in [1.82, 2.24) is 4.72 Å². The predicted octanol–water partition coefficient (Wildman–Crippen LogP) is 1.76. The molecular formula is C6H10F3N3OS. The van der Waals surface area contributed by atoms with Gasteiger partial charge in [-0.15, -0.1) is 0 Å². The minimum absolute atomic E-state index is 0.904. The number of nitrogens with one attached hydrogen (secondary N) is 1. The molecule has 0 amide bonds. The van der Waals surface area contributed by atoms with Crippen molar-refractivity contribution in [3.05, 3.63) is 0 Å². The monoisotopic (exact) mass is 229 g/mol. The number of hydrogen-bond donors (Lipinski definition) is 1. The molecule has 82 valence electrons. The fraction of sp³-hybridized carbons (Fsp3) is 0.833. The number of halogens is 3. The van der Waals surface area contributed by atoms with Crippen LogP contribution in [0.3, 0.4) is 0 Å². The first kappa shape index (κ1) is 13.2. The standard InChI is InChI=1S/C6H10F3N3OS/c1-5(2,3)12-14(13,11-4-10)6(7,8)9/h1-3H3,(H,11,12,13). The minimum atomic E-state index is -5.06. The molecule has 1 atom stereocenters. The average molecular weight is 229 g/mol. The summed E-state index contributed by atoms with van der Waals surface area (Å²) in [4.78, 5) is 0. The Morgan fingerprint density at radius 1 is 1.36 bits per heavy atom. The Bertz CT molecular complexity index is 354. The Kier molecular flexibility index (Phi) is 3.53. The van der Waals surface area contributed by atoms with E-state index in [0.29, 0.717) is 0 Å². The van der Waals surface area contributed by atoms with E-state index in [2.05, 4.69) is 4.36 Å². The van der Waals surface area contributed by atoms with Crippen molar-refractivity contribution in [1.29, 1.82) is 5.26 Å². The molecular weight excluding hydrogens is 219 g/mol. The molecule has 0 radical (unpaired) electrons. The number of hydrogen-bond acceptors (Lipinski definition) is 3. The summed E-state index contributed by atoms with van der Waals surface area (Å²) in [5, 5.41) is 8.03. The third-order valence-electron chi connectivity index (χ3n) is 0.928.